The van der Waals surface area contributed by atoms with Crippen molar-refractivity contribution < 1.29 is 6.53 Å². The maximum atomic E-state index is 8.07. The topological polar surface area (TPSA) is 20.2 Å². The Morgan fingerprint density at radius 1 is 1.67 bits per heavy atom. The third kappa shape index (κ3) is 4.54. The normalized spacial score (nSPS) is 10.0. The summed E-state index contributed by atoms with van der Waals surface area (Å²) in [6, 6.07) is 0. The Balaban J connectivity index is 0. The summed E-state index contributed by atoms with van der Waals surface area (Å²) in [4.78, 5) is -0.407. The van der Waals surface area contributed by atoms with Crippen molar-refractivity contribution in [3.8, 4) is 0 Å². The lowest BCUT2D eigenvalue weighted by molar-refractivity contribution is 0.293. The minimum Gasteiger partial charge on any atom is -0.396 e. The van der Waals surface area contributed by atoms with E-state index in [9.17, 15) is 0 Å². The largest absolute Gasteiger partial charge is 1.00 e. The van der Waals surface area contributed by atoms with E-state index in [-0.39, 0.29) is 8.03 Å². The Morgan fingerprint density at radius 2 is 2.17 bits per heavy atom. The van der Waals surface area contributed by atoms with E-state index in [4.69, 9.17) is 28.3 Å². The molecule has 0 heterocycles. The molecule has 0 aromatic rings. The van der Waals surface area contributed by atoms with E-state index in [1.54, 1.807) is 0 Å². The predicted molar refractivity (Wildman–Crippen MR) is 28.3 cm³/mol. The smallest absolute Gasteiger partial charge is 0.396 e. The highest BCUT2D eigenvalue weighted by Gasteiger charge is 1.92. The Bertz CT molecular complexity index is 34.1. The maximum absolute atomic E-state index is 8.07. The third-order valence-electron chi connectivity index (χ3n) is 0.347. The molecular weight excluding hydrogens is 123 g/mol. The van der Waals surface area contributed by atoms with Crippen LogP contribution in [0.5, 0.6) is 0 Å². The molecule has 0 spiro atoms. The van der Waals surface area contributed by atoms with Crippen molar-refractivity contribution >= 4 is 23.2 Å². The van der Waals surface area contributed by atoms with Crippen LogP contribution in [0.2, 0.25) is 0 Å². The van der Waals surface area contributed by atoms with Crippen LogP contribution in [0.25, 0.3) is 0 Å². The van der Waals surface area contributed by atoms with Gasteiger partial charge in [-0.1, -0.05) is 0 Å². The summed E-state index contributed by atoms with van der Waals surface area (Å²) < 4.78 is 0. The van der Waals surface area contributed by atoms with Crippen molar-refractivity contribution in [2.24, 2.45) is 0 Å². The lowest BCUT2D eigenvalue weighted by atomic mass is 10.5. The van der Waals surface area contributed by atoms with Crippen molar-refractivity contribution in [3.63, 3.8) is 0 Å². The molecule has 0 radical (unpaired) electrons. The molecule has 0 atom stereocenters. The SMILES string of the molecule is OCCC(Cl)Cl.[H+]. The lowest BCUT2D eigenvalue weighted by Crippen LogP contribution is -1.89. The van der Waals surface area contributed by atoms with E-state index in [2.05, 4.69) is 0 Å². The van der Waals surface area contributed by atoms with Crippen LogP contribution < -0.4 is 0 Å². The second kappa shape index (κ2) is 3.72. The van der Waals surface area contributed by atoms with Gasteiger partial charge in [0.25, 0.3) is 0 Å². The second-order valence-electron chi connectivity index (χ2n) is 0.903. The highest BCUT2D eigenvalue weighted by atomic mass is 35.5. The molecule has 0 saturated carbocycles. The molecule has 6 heavy (non-hydrogen) atoms. The zero-order valence-corrected chi connectivity index (χ0v) is 4.71. The first-order valence-electron chi connectivity index (χ1n) is 1.66. The standard InChI is InChI=1S/C3H6Cl2O/c4-3(5)1-2-6/h3,6H,1-2H2/p+1. The van der Waals surface area contributed by atoms with E-state index < -0.39 is 4.84 Å². The molecule has 0 aliphatic rings. The van der Waals surface area contributed by atoms with Gasteiger partial charge in [-0.3, -0.25) is 0 Å². The van der Waals surface area contributed by atoms with Crippen LogP contribution in [0, 0.1) is 0 Å². The molecule has 0 aliphatic carbocycles. The molecule has 1 nitrogen and oxygen atoms in total. The first-order chi connectivity index (χ1) is 2.77. The minimum atomic E-state index is -0.407. The van der Waals surface area contributed by atoms with Crippen molar-refractivity contribution in [1.82, 2.24) is 0 Å². The Morgan fingerprint density at radius 3 is 2.17 bits per heavy atom. The van der Waals surface area contributed by atoms with Gasteiger partial charge in [0.15, 0.2) is 0 Å². The molecule has 0 aromatic heterocycles. The van der Waals surface area contributed by atoms with Crippen LogP contribution >= 0.6 is 23.2 Å². The molecule has 1 N–H and O–H groups in total. The van der Waals surface area contributed by atoms with Gasteiger partial charge in [-0.05, 0) is 0 Å². The number of alkyl halides is 2. The third-order valence-corrected chi connectivity index (χ3v) is 0.784. The zero-order chi connectivity index (χ0) is 4.99. The van der Waals surface area contributed by atoms with Crippen LogP contribution in [0.4, 0.5) is 0 Å². The monoisotopic (exact) mass is 129 g/mol. The summed E-state index contributed by atoms with van der Waals surface area (Å²) >= 11 is 10.4. The summed E-state index contributed by atoms with van der Waals surface area (Å²) in [5, 5.41) is 8.07. The fourth-order valence-electron chi connectivity index (χ4n) is 0.0976. The second-order valence-corrected chi connectivity index (χ2v) is 2.18. The van der Waals surface area contributed by atoms with Gasteiger partial charge in [0.05, 0.1) is 0 Å². The number of rotatable bonds is 2. The number of halogens is 2. The van der Waals surface area contributed by atoms with Gasteiger partial charge in [0, 0.05) is 13.0 Å². The number of hydrogen-bond acceptors (Lipinski definition) is 1. The van der Waals surface area contributed by atoms with Crippen molar-refractivity contribution in [3.05, 3.63) is 0 Å². The van der Waals surface area contributed by atoms with E-state index in [1.165, 1.54) is 0 Å². The summed E-state index contributed by atoms with van der Waals surface area (Å²) in [7, 11) is 0. The van der Waals surface area contributed by atoms with Crippen LogP contribution in [-0.2, 0) is 0 Å². The van der Waals surface area contributed by atoms with Crippen LogP contribution in [-0.4, -0.2) is 16.5 Å². The minimum absolute atomic E-state index is 0. The average Bonchev–Trinajstić information content (AvgIpc) is 1.35. The first-order valence-corrected chi connectivity index (χ1v) is 2.53. The fraction of sp³-hybridized carbons (Fsp3) is 1.00. The lowest BCUT2D eigenvalue weighted by Gasteiger charge is -1.90. The van der Waals surface area contributed by atoms with E-state index in [0.717, 1.165) is 0 Å². The molecular formula is C3H7Cl2O+. The summed E-state index contributed by atoms with van der Waals surface area (Å²) in [6.45, 7) is 0.0671. The predicted octanol–water partition coefficient (Wildman–Crippen LogP) is 1.28. The van der Waals surface area contributed by atoms with Gasteiger partial charge in [-0.25, -0.2) is 0 Å². The van der Waals surface area contributed by atoms with Crippen LogP contribution in [0.1, 0.15) is 7.85 Å². The van der Waals surface area contributed by atoms with Gasteiger partial charge in [-0.15, -0.1) is 23.2 Å². The van der Waals surface area contributed by atoms with Crippen LogP contribution in [0.15, 0.2) is 0 Å². The Kier molecular flexibility index (Phi) is 4.06. The van der Waals surface area contributed by atoms with E-state index in [0.29, 0.717) is 6.42 Å². The van der Waals surface area contributed by atoms with Gasteiger partial charge in [0.2, 0.25) is 0 Å². The van der Waals surface area contributed by atoms with Gasteiger partial charge < -0.3 is 5.11 Å². The van der Waals surface area contributed by atoms with Gasteiger partial charge in [-0.2, -0.15) is 0 Å². The molecule has 3 heteroatoms. The molecule has 0 bridgehead atoms. The number of hydrogen-bond donors (Lipinski definition) is 1. The zero-order valence-electron chi connectivity index (χ0n) is 4.19. The highest BCUT2D eigenvalue weighted by Crippen LogP contribution is 2.04. The Labute approximate surface area is 48.4 Å². The Hall–Kier alpha value is 0.540. The summed E-state index contributed by atoms with van der Waals surface area (Å²) in [5.41, 5.74) is 0. The molecule has 0 fully saturated rings. The van der Waals surface area contributed by atoms with Crippen molar-refractivity contribution in [2.45, 2.75) is 11.3 Å². The molecule has 0 rings (SSSR count). The first kappa shape index (κ1) is 6.54. The van der Waals surface area contributed by atoms with E-state index in [1.807, 2.05) is 0 Å². The molecule has 0 unspecified atom stereocenters. The van der Waals surface area contributed by atoms with E-state index >= 15 is 0 Å². The van der Waals surface area contributed by atoms with Gasteiger partial charge >= 0.3 is 1.43 Å². The highest BCUT2D eigenvalue weighted by molar-refractivity contribution is 6.44. The van der Waals surface area contributed by atoms with Crippen molar-refractivity contribution in [2.75, 3.05) is 6.61 Å². The van der Waals surface area contributed by atoms with Crippen LogP contribution in [0.3, 0.4) is 0 Å². The van der Waals surface area contributed by atoms with Crippen molar-refractivity contribution in [1.29, 1.82) is 0 Å². The summed E-state index contributed by atoms with van der Waals surface area (Å²) in [6.07, 6.45) is 0.461. The molecule has 0 aliphatic heterocycles. The van der Waals surface area contributed by atoms with Gasteiger partial charge in [0.1, 0.15) is 4.84 Å². The average molecular weight is 130 g/mol. The maximum Gasteiger partial charge on any atom is 1.00 e. The molecule has 0 aromatic carbocycles. The molecule has 0 saturated heterocycles. The molecule has 0 amide bonds. The quantitative estimate of drug-likeness (QED) is 0.558. The number of aliphatic hydroxyl groups excluding tert-OH is 1. The molecule has 38 valence electrons. The fourth-order valence-corrected chi connectivity index (χ4v) is 0.293. The summed E-state index contributed by atoms with van der Waals surface area (Å²) in [5.74, 6) is 0. The number of aliphatic hydroxyl groups is 1.